The fourth-order valence-electron chi connectivity index (χ4n) is 1.19. The summed E-state index contributed by atoms with van der Waals surface area (Å²) in [5.41, 5.74) is 0. The molecule has 0 radical (unpaired) electrons. The predicted octanol–water partition coefficient (Wildman–Crippen LogP) is 2.36. The lowest BCUT2D eigenvalue weighted by molar-refractivity contribution is 0.192. The van der Waals surface area contributed by atoms with E-state index in [1.165, 1.54) is 12.8 Å². The molecule has 2 nitrogen and oxygen atoms in total. The average molecular weight is 185 g/mol. The summed E-state index contributed by atoms with van der Waals surface area (Å²) >= 11 is 0. The lowest BCUT2D eigenvalue weighted by atomic mass is 10.2. The van der Waals surface area contributed by atoms with Crippen molar-refractivity contribution in [3.05, 3.63) is 12.7 Å². The summed E-state index contributed by atoms with van der Waals surface area (Å²) in [6.45, 7) is 7.91. The van der Waals surface area contributed by atoms with E-state index in [-0.39, 0.29) is 0 Å². The van der Waals surface area contributed by atoms with Gasteiger partial charge in [0.1, 0.15) is 0 Å². The van der Waals surface area contributed by atoms with Gasteiger partial charge in [0.2, 0.25) is 0 Å². The first-order valence-electron chi connectivity index (χ1n) is 5.14. The third-order valence-corrected chi connectivity index (χ3v) is 2.07. The van der Waals surface area contributed by atoms with Gasteiger partial charge in [-0.15, -0.1) is 6.58 Å². The van der Waals surface area contributed by atoms with E-state index in [0.717, 1.165) is 26.0 Å². The maximum Gasteiger partial charge on any atom is 0.0462 e. The Hall–Kier alpha value is -0.340. The van der Waals surface area contributed by atoms with Crippen molar-refractivity contribution in [3.8, 4) is 0 Å². The van der Waals surface area contributed by atoms with E-state index in [9.17, 15) is 0 Å². The Morgan fingerprint density at radius 1 is 1.46 bits per heavy atom. The molecule has 0 aromatic rings. The van der Waals surface area contributed by atoms with Gasteiger partial charge in [0, 0.05) is 19.8 Å². The van der Waals surface area contributed by atoms with Crippen molar-refractivity contribution in [2.45, 2.75) is 38.6 Å². The molecule has 0 aliphatic carbocycles. The van der Waals surface area contributed by atoms with E-state index >= 15 is 0 Å². The van der Waals surface area contributed by atoms with Crippen LogP contribution in [0.3, 0.4) is 0 Å². The second kappa shape index (κ2) is 9.75. The zero-order chi connectivity index (χ0) is 9.94. The van der Waals surface area contributed by atoms with Crippen LogP contribution < -0.4 is 5.32 Å². The molecule has 1 unspecified atom stereocenters. The van der Waals surface area contributed by atoms with E-state index in [4.69, 9.17) is 4.74 Å². The second-order valence-electron chi connectivity index (χ2n) is 3.42. The maximum absolute atomic E-state index is 4.97. The summed E-state index contributed by atoms with van der Waals surface area (Å²) in [5.74, 6) is 0. The predicted molar refractivity (Wildman–Crippen MR) is 58.0 cm³/mol. The van der Waals surface area contributed by atoms with Gasteiger partial charge in [-0.05, 0) is 39.2 Å². The van der Waals surface area contributed by atoms with Gasteiger partial charge in [-0.2, -0.15) is 0 Å². The van der Waals surface area contributed by atoms with E-state index in [1.807, 2.05) is 6.08 Å². The van der Waals surface area contributed by atoms with E-state index in [2.05, 4.69) is 18.8 Å². The van der Waals surface area contributed by atoms with Crippen LogP contribution >= 0.6 is 0 Å². The summed E-state index contributed by atoms with van der Waals surface area (Å²) in [6.07, 6.45) is 6.62. The molecule has 0 aromatic carbocycles. The number of methoxy groups -OCH3 is 1. The van der Waals surface area contributed by atoms with Crippen molar-refractivity contribution in [1.29, 1.82) is 0 Å². The first-order valence-corrected chi connectivity index (χ1v) is 5.14. The van der Waals surface area contributed by atoms with Gasteiger partial charge in [-0.25, -0.2) is 0 Å². The summed E-state index contributed by atoms with van der Waals surface area (Å²) in [5, 5.41) is 3.47. The van der Waals surface area contributed by atoms with Crippen molar-refractivity contribution in [2.24, 2.45) is 0 Å². The van der Waals surface area contributed by atoms with Crippen LogP contribution in [-0.2, 0) is 4.74 Å². The highest BCUT2D eigenvalue weighted by atomic mass is 16.5. The molecule has 2 heteroatoms. The molecule has 0 fully saturated rings. The van der Waals surface area contributed by atoms with Gasteiger partial charge in [-0.3, -0.25) is 0 Å². The number of hydrogen-bond donors (Lipinski definition) is 1. The van der Waals surface area contributed by atoms with Crippen molar-refractivity contribution in [2.75, 3.05) is 20.3 Å². The van der Waals surface area contributed by atoms with E-state index in [0.29, 0.717) is 6.04 Å². The molecule has 0 rings (SSSR count). The lowest BCUT2D eigenvalue weighted by Crippen LogP contribution is -2.26. The molecule has 0 heterocycles. The van der Waals surface area contributed by atoms with Crippen LogP contribution in [0, 0.1) is 0 Å². The molecular weight excluding hydrogens is 162 g/mol. The molecule has 0 amide bonds. The molecular formula is C11H23NO. The van der Waals surface area contributed by atoms with Crippen molar-refractivity contribution in [3.63, 3.8) is 0 Å². The van der Waals surface area contributed by atoms with Gasteiger partial charge in [0.25, 0.3) is 0 Å². The Morgan fingerprint density at radius 2 is 2.23 bits per heavy atom. The second-order valence-corrected chi connectivity index (χ2v) is 3.42. The zero-order valence-electron chi connectivity index (χ0n) is 9.01. The minimum absolute atomic E-state index is 0.612. The summed E-state index contributed by atoms with van der Waals surface area (Å²) < 4.78 is 4.97. The highest BCUT2D eigenvalue weighted by molar-refractivity contribution is 4.70. The monoisotopic (exact) mass is 185 g/mol. The fraction of sp³-hybridized carbons (Fsp3) is 0.818. The van der Waals surface area contributed by atoms with Crippen LogP contribution in [0.15, 0.2) is 12.7 Å². The van der Waals surface area contributed by atoms with Gasteiger partial charge in [-0.1, -0.05) is 6.08 Å². The molecule has 0 saturated carbocycles. The number of nitrogens with one attached hydrogen (secondary N) is 1. The molecule has 1 atom stereocenters. The highest BCUT2D eigenvalue weighted by Crippen LogP contribution is 1.97. The molecule has 0 saturated heterocycles. The van der Waals surface area contributed by atoms with Crippen LogP contribution in [0.2, 0.25) is 0 Å². The largest absolute Gasteiger partial charge is 0.385 e. The van der Waals surface area contributed by atoms with Crippen LogP contribution in [0.1, 0.15) is 32.6 Å². The molecule has 1 N–H and O–H groups in total. The summed E-state index contributed by atoms with van der Waals surface area (Å²) in [6, 6.07) is 0.612. The van der Waals surface area contributed by atoms with Crippen LogP contribution in [0.5, 0.6) is 0 Å². The Bertz CT molecular complexity index is 115. The lowest BCUT2D eigenvalue weighted by Gasteiger charge is -2.12. The summed E-state index contributed by atoms with van der Waals surface area (Å²) in [7, 11) is 1.75. The van der Waals surface area contributed by atoms with Gasteiger partial charge < -0.3 is 10.1 Å². The van der Waals surface area contributed by atoms with Gasteiger partial charge in [0.05, 0.1) is 0 Å². The number of ether oxygens (including phenoxy) is 1. The first-order chi connectivity index (χ1) is 6.31. The topological polar surface area (TPSA) is 21.3 Å². The number of hydrogen-bond acceptors (Lipinski definition) is 2. The Morgan fingerprint density at radius 3 is 2.85 bits per heavy atom. The Labute approximate surface area is 82.4 Å². The van der Waals surface area contributed by atoms with Gasteiger partial charge >= 0.3 is 0 Å². The molecule has 78 valence electrons. The fourth-order valence-corrected chi connectivity index (χ4v) is 1.19. The molecule has 0 aliphatic heterocycles. The first kappa shape index (κ1) is 12.7. The molecule has 13 heavy (non-hydrogen) atoms. The third kappa shape index (κ3) is 9.57. The Balaban J connectivity index is 3.07. The number of allylic oxidation sites excluding steroid dienone is 1. The third-order valence-electron chi connectivity index (χ3n) is 2.07. The SMILES string of the molecule is C=CCCC(C)NCCCCOC. The Kier molecular flexibility index (Phi) is 9.49. The zero-order valence-corrected chi connectivity index (χ0v) is 9.01. The van der Waals surface area contributed by atoms with Gasteiger partial charge in [0.15, 0.2) is 0 Å². The smallest absolute Gasteiger partial charge is 0.0462 e. The van der Waals surface area contributed by atoms with E-state index < -0.39 is 0 Å². The molecule has 0 aromatic heterocycles. The maximum atomic E-state index is 4.97. The molecule has 0 bridgehead atoms. The normalized spacial score (nSPS) is 12.8. The highest BCUT2D eigenvalue weighted by Gasteiger charge is 1.97. The standard InChI is InChI=1S/C11H23NO/c1-4-5-8-11(2)12-9-6-7-10-13-3/h4,11-12H,1,5-10H2,2-3H3. The minimum Gasteiger partial charge on any atom is -0.385 e. The molecule has 0 spiro atoms. The van der Waals surface area contributed by atoms with E-state index in [1.54, 1.807) is 7.11 Å². The minimum atomic E-state index is 0.612. The molecule has 0 aliphatic rings. The van der Waals surface area contributed by atoms with Crippen molar-refractivity contribution in [1.82, 2.24) is 5.32 Å². The summed E-state index contributed by atoms with van der Waals surface area (Å²) in [4.78, 5) is 0. The van der Waals surface area contributed by atoms with Crippen molar-refractivity contribution >= 4 is 0 Å². The van der Waals surface area contributed by atoms with Crippen LogP contribution in [0.25, 0.3) is 0 Å². The number of rotatable bonds is 9. The quantitative estimate of drug-likeness (QED) is 0.440. The number of unbranched alkanes of at least 4 members (excludes halogenated alkanes) is 1. The van der Waals surface area contributed by atoms with Crippen LogP contribution in [-0.4, -0.2) is 26.3 Å². The van der Waals surface area contributed by atoms with Crippen LogP contribution in [0.4, 0.5) is 0 Å². The van der Waals surface area contributed by atoms with Crippen molar-refractivity contribution < 1.29 is 4.74 Å². The average Bonchev–Trinajstić information content (AvgIpc) is 2.14.